The van der Waals surface area contributed by atoms with Gasteiger partial charge >= 0.3 is 0 Å². The molecule has 1 aromatic carbocycles. The van der Waals surface area contributed by atoms with Crippen LogP contribution in [0.25, 0.3) is 0 Å². The van der Waals surface area contributed by atoms with Crippen molar-refractivity contribution in [3.8, 4) is 0 Å². The first kappa shape index (κ1) is 14.0. The van der Waals surface area contributed by atoms with E-state index in [0.717, 1.165) is 17.7 Å². The van der Waals surface area contributed by atoms with Crippen molar-refractivity contribution in [2.45, 2.75) is 26.3 Å². The fourth-order valence-corrected chi connectivity index (χ4v) is 3.01. The Labute approximate surface area is 113 Å². The van der Waals surface area contributed by atoms with Gasteiger partial charge in [-0.15, -0.1) is 0 Å². The molecule has 1 aliphatic rings. The van der Waals surface area contributed by atoms with E-state index in [0.29, 0.717) is 6.54 Å². The highest BCUT2D eigenvalue weighted by atomic mass is 32.2. The molecule has 1 aromatic rings. The summed E-state index contributed by atoms with van der Waals surface area (Å²) in [6.45, 7) is 3.73. The first-order chi connectivity index (χ1) is 8.94. The van der Waals surface area contributed by atoms with Crippen LogP contribution in [0.15, 0.2) is 24.3 Å². The molecule has 0 aromatic heterocycles. The monoisotopic (exact) mass is 282 g/mol. The molecule has 2 rings (SSSR count). The summed E-state index contributed by atoms with van der Waals surface area (Å²) >= 11 is 0. The number of hydrogen-bond acceptors (Lipinski definition) is 3. The molecule has 0 saturated heterocycles. The van der Waals surface area contributed by atoms with E-state index in [1.54, 1.807) is 18.7 Å². The quantitative estimate of drug-likeness (QED) is 0.892. The Morgan fingerprint density at radius 3 is 2.79 bits per heavy atom. The highest BCUT2D eigenvalue weighted by Crippen LogP contribution is 2.27. The fourth-order valence-electron chi connectivity index (χ4n) is 2.20. The molecule has 1 N–H and O–H groups in total. The van der Waals surface area contributed by atoms with E-state index in [1.807, 2.05) is 24.3 Å². The van der Waals surface area contributed by atoms with Crippen LogP contribution in [0.5, 0.6) is 0 Å². The van der Waals surface area contributed by atoms with E-state index in [4.69, 9.17) is 0 Å². The molecule has 19 heavy (non-hydrogen) atoms. The molecular weight excluding hydrogens is 264 g/mol. The Balaban J connectivity index is 2.14. The molecule has 0 saturated carbocycles. The lowest BCUT2D eigenvalue weighted by atomic mass is 10.2. The molecule has 0 radical (unpaired) electrons. The number of nitrogens with one attached hydrogen (secondary N) is 1. The van der Waals surface area contributed by atoms with Crippen LogP contribution in [0.3, 0.4) is 0 Å². The third kappa shape index (κ3) is 2.96. The number of rotatable bonds is 4. The minimum atomic E-state index is -3.37. The summed E-state index contributed by atoms with van der Waals surface area (Å²) in [6, 6.07) is 6.96. The highest BCUT2D eigenvalue weighted by molar-refractivity contribution is 7.89. The zero-order valence-corrected chi connectivity index (χ0v) is 11.9. The van der Waals surface area contributed by atoms with Crippen LogP contribution in [-0.4, -0.2) is 32.7 Å². The van der Waals surface area contributed by atoms with Gasteiger partial charge in [-0.3, -0.25) is 4.79 Å². The summed E-state index contributed by atoms with van der Waals surface area (Å²) in [7, 11) is -3.37. The van der Waals surface area contributed by atoms with Crippen LogP contribution in [0.4, 0.5) is 5.69 Å². The summed E-state index contributed by atoms with van der Waals surface area (Å²) in [5.41, 5.74) is 2.01. The van der Waals surface area contributed by atoms with E-state index in [1.165, 1.54) is 0 Å². The van der Waals surface area contributed by atoms with E-state index in [-0.39, 0.29) is 11.7 Å². The Bertz CT molecular complexity index is 583. The lowest BCUT2D eigenvalue weighted by molar-refractivity contribution is -0.119. The van der Waals surface area contributed by atoms with Gasteiger partial charge in [0, 0.05) is 12.2 Å². The van der Waals surface area contributed by atoms with E-state index >= 15 is 0 Å². The number of hydrogen-bond donors (Lipinski definition) is 1. The van der Waals surface area contributed by atoms with Gasteiger partial charge in [-0.1, -0.05) is 18.2 Å². The number of para-hydroxylation sites is 1. The number of anilines is 1. The van der Waals surface area contributed by atoms with E-state index in [2.05, 4.69) is 4.72 Å². The van der Waals surface area contributed by atoms with Crippen LogP contribution in [0.1, 0.15) is 19.4 Å². The van der Waals surface area contributed by atoms with Crippen molar-refractivity contribution in [2.24, 2.45) is 0 Å². The number of carbonyl (C=O) groups is 1. The first-order valence-corrected chi connectivity index (χ1v) is 7.99. The maximum absolute atomic E-state index is 12.3. The largest absolute Gasteiger partial charge is 0.310 e. The van der Waals surface area contributed by atoms with Crippen LogP contribution in [-0.2, 0) is 21.2 Å². The Morgan fingerprint density at radius 2 is 2.11 bits per heavy atom. The van der Waals surface area contributed by atoms with Crippen LogP contribution in [0, 0.1) is 0 Å². The molecule has 1 amide bonds. The maximum atomic E-state index is 12.3. The van der Waals surface area contributed by atoms with Gasteiger partial charge in [0.1, 0.15) is 0 Å². The van der Waals surface area contributed by atoms with Crippen molar-refractivity contribution in [1.82, 2.24) is 4.72 Å². The van der Waals surface area contributed by atoms with Gasteiger partial charge in [-0.2, -0.15) is 0 Å². The number of nitrogens with zero attached hydrogens (tertiary/aromatic N) is 1. The predicted molar refractivity (Wildman–Crippen MR) is 74.6 cm³/mol. The second-order valence-corrected chi connectivity index (χ2v) is 6.65. The minimum Gasteiger partial charge on any atom is -0.310 e. The molecule has 0 aliphatic carbocycles. The summed E-state index contributed by atoms with van der Waals surface area (Å²) in [5.74, 6) is -0.233. The molecule has 0 bridgehead atoms. The molecule has 6 heteroatoms. The van der Waals surface area contributed by atoms with Crippen molar-refractivity contribution in [2.75, 3.05) is 17.2 Å². The molecule has 104 valence electrons. The van der Waals surface area contributed by atoms with Gasteiger partial charge in [0.2, 0.25) is 15.9 Å². The standard InChI is InChI=1S/C13H18N2O3S/c1-3-19(17,18)14-10(2)13(16)15-9-8-11-6-4-5-7-12(11)15/h4-7,10,14H,3,8-9H2,1-2H3/t10-/m0/s1. The predicted octanol–water partition coefficient (Wildman–Crippen LogP) is 0.904. The first-order valence-electron chi connectivity index (χ1n) is 6.34. The average molecular weight is 282 g/mol. The van der Waals surface area contributed by atoms with Gasteiger partial charge in [-0.05, 0) is 31.9 Å². The van der Waals surface area contributed by atoms with Gasteiger partial charge < -0.3 is 4.90 Å². The van der Waals surface area contributed by atoms with Crippen LogP contribution < -0.4 is 9.62 Å². The fraction of sp³-hybridized carbons (Fsp3) is 0.462. The van der Waals surface area contributed by atoms with Crippen molar-refractivity contribution in [1.29, 1.82) is 0 Å². The summed E-state index contributed by atoms with van der Waals surface area (Å²) < 4.78 is 25.4. The Hall–Kier alpha value is -1.40. The number of carbonyl (C=O) groups excluding carboxylic acids is 1. The van der Waals surface area contributed by atoms with Crippen molar-refractivity contribution < 1.29 is 13.2 Å². The normalized spacial score (nSPS) is 16.2. The SMILES string of the molecule is CCS(=O)(=O)N[C@@H](C)C(=O)N1CCc2ccccc21. The third-order valence-corrected chi connectivity index (χ3v) is 4.73. The van der Waals surface area contributed by atoms with E-state index < -0.39 is 16.1 Å². The van der Waals surface area contributed by atoms with Crippen LogP contribution >= 0.6 is 0 Å². The van der Waals surface area contributed by atoms with Crippen molar-refractivity contribution >= 4 is 21.6 Å². The Morgan fingerprint density at radius 1 is 1.42 bits per heavy atom. The lowest BCUT2D eigenvalue weighted by Crippen LogP contribution is -2.46. The average Bonchev–Trinajstić information content (AvgIpc) is 2.81. The molecule has 1 atom stereocenters. The summed E-state index contributed by atoms with van der Waals surface area (Å²) in [6.07, 6.45) is 0.815. The number of benzene rings is 1. The second-order valence-electron chi connectivity index (χ2n) is 4.61. The maximum Gasteiger partial charge on any atom is 0.244 e. The highest BCUT2D eigenvalue weighted by Gasteiger charge is 2.29. The molecule has 0 spiro atoms. The molecule has 0 unspecified atom stereocenters. The van der Waals surface area contributed by atoms with Crippen molar-refractivity contribution in [3.05, 3.63) is 29.8 Å². The van der Waals surface area contributed by atoms with Gasteiger partial charge in [0.25, 0.3) is 0 Å². The zero-order valence-electron chi connectivity index (χ0n) is 11.1. The zero-order chi connectivity index (χ0) is 14.0. The van der Waals surface area contributed by atoms with Crippen LogP contribution in [0.2, 0.25) is 0 Å². The molecule has 5 nitrogen and oxygen atoms in total. The topological polar surface area (TPSA) is 66.5 Å². The summed E-state index contributed by atoms with van der Waals surface area (Å²) in [4.78, 5) is 14.0. The van der Waals surface area contributed by atoms with Crippen molar-refractivity contribution in [3.63, 3.8) is 0 Å². The Kier molecular flexibility index (Phi) is 3.91. The van der Waals surface area contributed by atoms with Gasteiger partial charge in [0.05, 0.1) is 11.8 Å². The van der Waals surface area contributed by atoms with E-state index in [9.17, 15) is 13.2 Å². The molecular formula is C13H18N2O3S. The smallest absolute Gasteiger partial charge is 0.244 e. The van der Waals surface area contributed by atoms with Gasteiger partial charge in [0.15, 0.2) is 0 Å². The number of sulfonamides is 1. The third-order valence-electron chi connectivity index (χ3n) is 3.26. The lowest BCUT2D eigenvalue weighted by Gasteiger charge is -2.22. The number of amides is 1. The molecule has 1 heterocycles. The minimum absolute atomic E-state index is 0.0266. The molecule has 0 fully saturated rings. The molecule has 1 aliphatic heterocycles. The van der Waals surface area contributed by atoms with Gasteiger partial charge in [-0.25, -0.2) is 13.1 Å². The summed E-state index contributed by atoms with van der Waals surface area (Å²) in [5, 5.41) is 0. The second kappa shape index (κ2) is 5.30. The number of fused-ring (bicyclic) bond motifs is 1.